The van der Waals surface area contributed by atoms with Gasteiger partial charge in [0, 0.05) is 13.2 Å². The van der Waals surface area contributed by atoms with Crippen LogP contribution in [0.2, 0.25) is 0 Å². The molecule has 4 nitrogen and oxygen atoms in total. The molecule has 0 saturated heterocycles. The van der Waals surface area contributed by atoms with E-state index < -0.39 is 5.79 Å². The second-order valence-corrected chi connectivity index (χ2v) is 3.95. The van der Waals surface area contributed by atoms with E-state index in [4.69, 9.17) is 9.47 Å². The van der Waals surface area contributed by atoms with Crippen molar-refractivity contribution in [1.29, 1.82) is 0 Å². The molecular formula is C12H23NO3. The van der Waals surface area contributed by atoms with Gasteiger partial charge in [0.25, 0.3) is 0 Å². The first-order valence-corrected chi connectivity index (χ1v) is 5.70. The number of carbonyl (C=O) groups excluding carboxylic acids is 1. The zero-order valence-corrected chi connectivity index (χ0v) is 10.5. The minimum Gasteiger partial charge on any atom is -0.351 e. The smallest absolute Gasteiger partial charge is 0.243 e. The summed E-state index contributed by atoms with van der Waals surface area (Å²) in [6.07, 6.45) is 3.37. The van der Waals surface area contributed by atoms with Crippen LogP contribution in [0.3, 0.4) is 0 Å². The first kappa shape index (κ1) is 15.1. The van der Waals surface area contributed by atoms with Crippen LogP contribution in [0.25, 0.3) is 0 Å². The summed E-state index contributed by atoms with van der Waals surface area (Å²) in [6, 6.07) is 0. The molecule has 4 heteroatoms. The molecule has 0 saturated carbocycles. The Morgan fingerprint density at radius 3 is 2.56 bits per heavy atom. The van der Waals surface area contributed by atoms with E-state index in [2.05, 4.69) is 18.8 Å². The fourth-order valence-electron chi connectivity index (χ4n) is 1.05. The maximum atomic E-state index is 10.8. The third-order valence-electron chi connectivity index (χ3n) is 1.98. The van der Waals surface area contributed by atoms with Crippen molar-refractivity contribution in [3.8, 4) is 0 Å². The van der Waals surface area contributed by atoms with Crippen molar-refractivity contribution in [2.45, 2.75) is 39.4 Å². The Balaban J connectivity index is 3.56. The second kappa shape index (κ2) is 8.30. The first-order chi connectivity index (χ1) is 7.52. The fourth-order valence-corrected chi connectivity index (χ4v) is 1.05. The molecule has 0 aromatic heterocycles. The number of ether oxygens (including phenoxy) is 2. The maximum absolute atomic E-state index is 10.8. The van der Waals surface area contributed by atoms with Gasteiger partial charge < -0.3 is 14.8 Å². The number of unbranched alkanes of at least 4 members (excludes halogenated alkanes) is 1. The molecule has 1 N–H and O–H groups in total. The highest BCUT2D eigenvalue weighted by Gasteiger charge is 2.17. The summed E-state index contributed by atoms with van der Waals surface area (Å²) in [6.45, 7) is 10.8. The van der Waals surface area contributed by atoms with Gasteiger partial charge in [-0.1, -0.05) is 19.9 Å². The van der Waals surface area contributed by atoms with Crippen molar-refractivity contribution in [2.24, 2.45) is 0 Å². The van der Waals surface area contributed by atoms with Gasteiger partial charge in [-0.15, -0.1) is 0 Å². The van der Waals surface area contributed by atoms with Gasteiger partial charge in [-0.05, 0) is 26.3 Å². The quantitative estimate of drug-likeness (QED) is 0.373. The van der Waals surface area contributed by atoms with Gasteiger partial charge >= 0.3 is 0 Å². The van der Waals surface area contributed by atoms with Crippen LogP contribution in [0.15, 0.2) is 12.7 Å². The number of carbonyl (C=O) groups is 1. The molecule has 0 spiro atoms. The average molecular weight is 229 g/mol. The van der Waals surface area contributed by atoms with E-state index in [1.54, 1.807) is 0 Å². The van der Waals surface area contributed by atoms with Gasteiger partial charge in [0.2, 0.25) is 5.91 Å². The Bertz CT molecular complexity index is 214. The van der Waals surface area contributed by atoms with Crippen LogP contribution in [0, 0.1) is 0 Å². The zero-order chi connectivity index (χ0) is 12.4. The van der Waals surface area contributed by atoms with Crippen LogP contribution in [-0.4, -0.2) is 31.5 Å². The minimum absolute atomic E-state index is 0.187. The second-order valence-electron chi connectivity index (χ2n) is 3.95. The van der Waals surface area contributed by atoms with Crippen LogP contribution < -0.4 is 5.32 Å². The molecule has 0 bridgehead atoms. The topological polar surface area (TPSA) is 47.6 Å². The zero-order valence-electron chi connectivity index (χ0n) is 10.5. The van der Waals surface area contributed by atoms with Crippen molar-refractivity contribution in [1.82, 2.24) is 5.32 Å². The van der Waals surface area contributed by atoms with E-state index in [0.29, 0.717) is 19.8 Å². The lowest BCUT2D eigenvalue weighted by Gasteiger charge is -2.25. The Hall–Kier alpha value is -0.870. The van der Waals surface area contributed by atoms with Crippen LogP contribution in [0.5, 0.6) is 0 Å². The largest absolute Gasteiger partial charge is 0.351 e. The summed E-state index contributed by atoms with van der Waals surface area (Å²) in [4.78, 5) is 10.8. The lowest BCUT2D eigenvalue weighted by Crippen LogP contribution is -2.33. The van der Waals surface area contributed by atoms with Gasteiger partial charge in [0.05, 0.1) is 6.61 Å². The van der Waals surface area contributed by atoms with E-state index in [0.717, 1.165) is 12.8 Å². The Kier molecular flexibility index (Phi) is 7.85. The molecule has 0 aliphatic carbocycles. The summed E-state index contributed by atoms with van der Waals surface area (Å²) in [5.41, 5.74) is 0. The van der Waals surface area contributed by atoms with Gasteiger partial charge in [-0.2, -0.15) is 0 Å². The van der Waals surface area contributed by atoms with Gasteiger partial charge in [-0.3, -0.25) is 4.79 Å². The Morgan fingerprint density at radius 1 is 1.38 bits per heavy atom. The molecule has 16 heavy (non-hydrogen) atoms. The first-order valence-electron chi connectivity index (χ1n) is 5.70. The monoisotopic (exact) mass is 229 g/mol. The van der Waals surface area contributed by atoms with Crippen LogP contribution in [0.1, 0.15) is 33.6 Å². The minimum atomic E-state index is -0.589. The number of hydrogen-bond donors (Lipinski definition) is 1. The van der Waals surface area contributed by atoms with Crippen molar-refractivity contribution in [3.63, 3.8) is 0 Å². The average Bonchev–Trinajstić information content (AvgIpc) is 2.24. The molecule has 0 fully saturated rings. The number of rotatable bonds is 9. The highest BCUT2D eigenvalue weighted by Crippen LogP contribution is 2.11. The summed E-state index contributed by atoms with van der Waals surface area (Å²) in [5, 5.41) is 2.63. The molecule has 0 heterocycles. The molecule has 0 rings (SSSR count). The van der Waals surface area contributed by atoms with E-state index >= 15 is 0 Å². The molecule has 0 aliphatic rings. The molecule has 0 unspecified atom stereocenters. The highest BCUT2D eigenvalue weighted by atomic mass is 16.7. The van der Waals surface area contributed by atoms with Gasteiger partial charge in [-0.25, -0.2) is 0 Å². The van der Waals surface area contributed by atoms with E-state index in [-0.39, 0.29) is 5.91 Å². The van der Waals surface area contributed by atoms with Crippen molar-refractivity contribution in [3.05, 3.63) is 12.7 Å². The Morgan fingerprint density at radius 2 is 2.00 bits per heavy atom. The predicted molar refractivity (Wildman–Crippen MR) is 64.1 cm³/mol. The Labute approximate surface area is 98.0 Å². The van der Waals surface area contributed by atoms with E-state index in [9.17, 15) is 4.79 Å². The molecule has 1 amide bonds. The lowest BCUT2D eigenvalue weighted by atomic mass is 10.3. The third-order valence-corrected chi connectivity index (χ3v) is 1.98. The number of amides is 1. The molecule has 94 valence electrons. The molecular weight excluding hydrogens is 206 g/mol. The third kappa shape index (κ3) is 8.44. The molecule has 0 atom stereocenters. The SMILES string of the molecule is C=CC(=O)NCCOC(C)(C)OCCCC. The standard InChI is InChI=1S/C12H23NO3/c1-5-7-9-15-12(3,4)16-10-8-13-11(14)6-2/h6H,2,5,7-10H2,1,3-4H3,(H,13,14). The fraction of sp³-hybridized carbons (Fsp3) is 0.750. The van der Waals surface area contributed by atoms with E-state index in [1.165, 1.54) is 6.08 Å². The maximum Gasteiger partial charge on any atom is 0.243 e. The van der Waals surface area contributed by atoms with Crippen molar-refractivity contribution >= 4 is 5.91 Å². The number of hydrogen-bond acceptors (Lipinski definition) is 3. The van der Waals surface area contributed by atoms with Crippen LogP contribution in [-0.2, 0) is 14.3 Å². The van der Waals surface area contributed by atoms with Gasteiger partial charge in [0.1, 0.15) is 0 Å². The predicted octanol–water partition coefficient (Wildman–Crippen LogP) is 1.86. The summed E-state index contributed by atoms with van der Waals surface area (Å²) in [5.74, 6) is -0.776. The van der Waals surface area contributed by atoms with Crippen molar-refractivity contribution in [2.75, 3.05) is 19.8 Å². The van der Waals surface area contributed by atoms with Crippen LogP contribution >= 0.6 is 0 Å². The van der Waals surface area contributed by atoms with Crippen molar-refractivity contribution < 1.29 is 14.3 Å². The highest BCUT2D eigenvalue weighted by molar-refractivity contribution is 5.86. The van der Waals surface area contributed by atoms with E-state index in [1.807, 2.05) is 13.8 Å². The summed E-state index contributed by atoms with van der Waals surface area (Å²) in [7, 11) is 0. The molecule has 0 radical (unpaired) electrons. The summed E-state index contributed by atoms with van der Waals surface area (Å²) < 4.78 is 11.0. The summed E-state index contributed by atoms with van der Waals surface area (Å²) >= 11 is 0. The molecule has 0 aliphatic heterocycles. The van der Waals surface area contributed by atoms with Gasteiger partial charge in [0.15, 0.2) is 5.79 Å². The lowest BCUT2D eigenvalue weighted by molar-refractivity contribution is -0.212. The normalized spacial score (nSPS) is 11.2. The molecule has 0 aromatic carbocycles. The van der Waals surface area contributed by atoms with Crippen LogP contribution in [0.4, 0.5) is 0 Å². The molecule has 0 aromatic rings. The number of nitrogens with one attached hydrogen (secondary N) is 1.